The van der Waals surface area contributed by atoms with Crippen molar-refractivity contribution >= 4 is 21.8 Å². The molecule has 0 aliphatic rings. The number of para-hydroxylation sites is 1. The summed E-state index contributed by atoms with van der Waals surface area (Å²) in [4.78, 5) is 7.45. The number of fused-ring (bicyclic) bond motifs is 3. The first-order valence-corrected chi connectivity index (χ1v) is 4.82. The largest absolute Gasteiger partial charge is 0.506 e. The molecule has 0 radical (unpaired) electrons. The molecule has 2 N–H and O–H groups in total. The second-order valence-electron chi connectivity index (χ2n) is 3.70. The maximum Gasteiger partial charge on any atom is 0.139 e. The molecule has 0 aliphatic carbocycles. The second kappa shape index (κ2) is 2.73. The molecule has 0 amide bonds. The summed E-state index contributed by atoms with van der Waals surface area (Å²) >= 11 is 0. The number of aromatic nitrogens is 2. The summed E-state index contributed by atoms with van der Waals surface area (Å²) in [5, 5.41) is 11.7. The summed E-state index contributed by atoms with van der Waals surface area (Å²) < 4.78 is 0. The van der Waals surface area contributed by atoms with E-state index in [1.54, 1.807) is 6.07 Å². The Morgan fingerprint density at radius 1 is 1.27 bits per heavy atom. The van der Waals surface area contributed by atoms with Crippen LogP contribution >= 0.6 is 0 Å². The van der Waals surface area contributed by atoms with Crippen LogP contribution in [-0.4, -0.2) is 15.1 Å². The smallest absolute Gasteiger partial charge is 0.139 e. The van der Waals surface area contributed by atoms with Crippen LogP contribution in [-0.2, 0) is 0 Å². The number of hydrogen-bond acceptors (Lipinski definition) is 2. The number of aromatic amines is 1. The van der Waals surface area contributed by atoms with Gasteiger partial charge in [-0.05, 0) is 19.1 Å². The molecule has 0 aliphatic heterocycles. The molecule has 3 aromatic rings. The monoisotopic (exact) mass is 198 g/mol. The van der Waals surface area contributed by atoms with Crippen molar-refractivity contribution in [3.05, 3.63) is 36.2 Å². The van der Waals surface area contributed by atoms with E-state index in [0.29, 0.717) is 0 Å². The average molecular weight is 198 g/mol. The highest BCUT2D eigenvalue weighted by molar-refractivity contribution is 6.08. The lowest BCUT2D eigenvalue weighted by Crippen LogP contribution is -1.77. The number of phenols is 1. The molecule has 0 atom stereocenters. The topological polar surface area (TPSA) is 48.9 Å². The van der Waals surface area contributed by atoms with Crippen LogP contribution in [0, 0.1) is 6.92 Å². The SMILES string of the molecule is Cc1cc2[nH]c3c(O)cccc3c2cn1. The zero-order valence-corrected chi connectivity index (χ0v) is 8.28. The van der Waals surface area contributed by atoms with E-state index in [4.69, 9.17) is 0 Å². The molecule has 1 aromatic carbocycles. The van der Waals surface area contributed by atoms with Gasteiger partial charge in [0.2, 0.25) is 0 Å². The van der Waals surface area contributed by atoms with Crippen LogP contribution < -0.4 is 0 Å². The first-order valence-electron chi connectivity index (χ1n) is 4.82. The third-order valence-corrected chi connectivity index (χ3v) is 2.63. The van der Waals surface area contributed by atoms with Crippen LogP contribution in [0.5, 0.6) is 5.75 Å². The summed E-state index contributed by atoms with van der Waals surface area (Å²) in [7, 11) is 0. The molecule has 3 rings (SSSR count). The highest BCUT2D eigenvalue weighted by Crippen LogP contribution is 2.30. The summed E-state index contributed by atoms with van der Waals surface area (Å²) in [6, 6.07) is 7.47. The van der Waals surface area contributed by atoms with Crippen molar-refractivity contribution in [2.45, 2.75) is 6.92 Å². The fourth-order valence-electron chi connectivity index (χ4n) is 1.91. The van der Waals surface area contributed by atoms with Crippen molar-refractivity contribution in [3.63, 3.8) is 0 Å². The van der Waals surface area contributed by atoms with Crippen LogP contribution in [0.4, 0.5) is 0 Å². The fourth-order valence-corrected chi connectivity index (χ4v) is 1.91. The third kappa shape index (κ3) is 1.09. The summed E-state index contributed by atoms with van der Waals surface area (Å²) in [5.41, 5.74) is 2.76. The van der Waals surface area contributed by atoms with E-state index in [0.717, 1.165) is 27.5 Å². The molecule has 15 heavy (non-hydrogen) atoms. The van der Waals surface area contributed by atoms with Crippen LogP contribution in [0.1, 0.15) is 5.69 Å². The van der Waals surface area contributed by atoms with Crippen molar-refractivity contribution < 1.29 is 5.11 Å². The van der Waals surface area contributed by atoms with E-state index in [-0.39, 0.29) is 5.75 Å². The first kappa shape index (κ1) is 8.29. The molecular weight excluding hydrogens is 188 g/mol. The molecule has 3 heteroatoms. The number of H-pyrrole nitrogens is 1. The van der Waals surface area contributed by atoms with Crippen molar-refractivity contribution in [2.75, 3.05) is 0 Å². The normalized spacial score (nSPS) is 11.3. The van der Waals surface area contributed by atoms with Gasteiger partial charge in [0.05, 0.1) is 5.52 Å². The maximum atomic E-state index is 9.69. The first-order chi connectivity index (χ1) is 7.25. The highest BCUT2D eigenvalue weighted by Gasteiger charge is 2.06. The number of hydrogen-bond donors (Lipinski definition) is 2. The molecule has 3 nitrogen and oxygen atoms in total. The lowest BCUT2D eigenvalue weighted by Gasteiger charge is -1.93. The maximum absolute atomic E-state index is 9.69. The van der Waals surface area contributed by atoms with E-state index in [1.165, 1.54) is 0 Å². The lowest BCUT2D eigenvalue weighted by molar-refractivity contribution is 0.480. The Labute approximate surface area is 86.4 Å². The van der Waals surface area contributed by atoms with E-state index >= 15 is 0 Å². The minimum Gasteiger partial charge on any atom is -0.506 e. The van der Waals surface area contributed by atoms with Gasteiger partial charge >= 0.3 is 0 Å². The molecular formula is C12H10N2O. The molecule has 0 saturated heterocycles. The number of nitrogens with zero attached hydrogens (tertiary/aromatic N) is 1. The summed E-state index contributed by atoms with van der Waals surface area (Å²) in [6.07, 6.45) is 1.84. The Balaban J connectivity index is 2.57. The predicted molar refractivity (Wildman–Crippen MR) is 60.0 cm³/mol. The molecule has 0 unspecified atom stereocenters. The summed E-state index contributed by atoms with van der Waals surface area (Å²) in [5.74, 6) is 0.279. The molecule has 2 aromatic heterocycles. The van der Waals surface area contributed by atoms with Gasteiger partial charge in [-0.1, -0.05) is 12.1 Å². The number of aromatic hydroxyl groups is 1. The lowest BCUT2D eigenvalue weighted by atomic mass is 10.2. The molecule has 0 fully saturated rings. The van der Waals surface area contributed by atoms with Crippen LogP contribution in [0.25, 0.3) is 21.8 Å². The zero-order chi connectivity index (χ0) is 10.4. The van der Waals surface area contributed by atoms with E-state index in [9.17, 15) is 5.11 Å². The van der Waals surface area contributed by atoms with Crippen molar-refractivity contribution in [1.29, 1.82) is 0 Å². The molecule has 2 heterocycles. The van der Waals surface area contributed by atoms with Gasteiger partial charge in [0, 0.05) is 28.2 Å². The number of rotatable bonds is 0. The van der Waals surface area contributed by atoms with Gasteiger partial charge in [-0.25, -0.2) is 0 Å². The van der Waals surface area contributed by atoms with Crippen molar-refractivity contribution in [1.82, 2.24) is 9.97 Å². The number of aryl methyl sites for hydroxylation is 1. The Bertz CT molecular complexity index is 655. The number of phenolic OH excluding ortho intramolecular Hbond substituents is 1. The third-order valence-electron chi connectivity index (χ3n) is 2.63. The zero-order valence-electron chi connectivity index (χ0n) is 8.28. The molecule has 0 bridgehead atoms. The van der Waals surface area contributed by atoms with Crippen LogP contribution in [0.2, 0.25) is 0 Å². The Hall–Kier alpha value is -2.03. The van der Waals surface area contributed by atoms with E-state index in [1.807, 2.05) is 31.3 Å². The van der Waals surface area contributed by atoms with Crippen molar-refractivity contribution in [2.24, 2.45) is 0 Å². The van der Waals surface area contributed by atoms with Gasteiger partial charge in [-0.2, -0.15) is 0 Å². The molecule has 0 saturated carbocycles. The van der Waals surface area contributed by atoms with Gasteiger partial charge in [-0.3, -0.25) is 4.98 Å². The molecule has 74 valence electrons. The van der Waals surface area contributed by atoms with Gasteiger partial charge in [0.25, 0.3) is 0 Å². The number of nitrogens with one attached hydrogen (secondary N) is 1. The summed E-state index contributed by atoms with van der Waals surface area (Å²) in [6.45, 7) is 1.95. The van der Waals surface area contributed by atoms with Gasteiger partial charge in [-0.15, -0.1) is 0 Å². The second-order valence-corrected chi connectivity index (χ2v) is 3.70. The Morgan fingerprint density at radius 2 is 2.13 bits per heavy atom. The van der Waals surface area contributed by atoms with Crippen molar-refractivity contribution in [3.8, 4) is 5.75 Å². The predicted octanol–water partition coefficient (Wildman–Crippen LogP) is 2.73. The van der Waals surface area contributed by atoms with Gasteiger partial charge < -0.3 is 10.1 Å². The van der Waals surface area contributed by atoms with Crippen LogP contribution in [0.15, 0.2) is 30.5 Å². The Morgan fingerprint density at radius 3 is 3.00 bits per heavy atom. The van der Waals surface area contributed by atoms with Crippen LogP contribution in [0.3, 0.4) is 0 Å². The number of pyridine rings is 1. The minimum atomic E-state index is 0.279. The van der Waals surface area contributed by atoms with Gasteiger partial charge in [0.1, 0.15) is 5.75 Å². The molecule has 0 spiro atoms. The quantitative estimate of drug-likeness (QED) is 0.583. The highest BCUT2D eigenvalue weighted by atomic mass is 16.3. The number of benzene rings is 1. The standard InChI is InChI=1S/C12H10N2O/c1-7-5-10-9(6-13-7)8-3-2-4-11(15)12(8)14-10/h2-6,14-15H,1H3. The van der Waals surface area contributed by atoms with E-state index < -0.39 is 0 Å². The average Bonchev–Trinajstić information content (AvgIpc) is 2.57. The minimum absolute atomic E-state index is 0.279. The van der Waals surface area contributed by atoms with Gasteiger partial charge in [0.15, 0.2) is 0 Å². The van der Waals surface area contributed by atoms with E-state index in [2.05, 4.69) is 9.97 Å². The fraction of sp³-hybridized carbons (Fsp3) is 0.0833. The Kier molecular flexibility index (Phi) is 1.51.